The molecule has 1 saturated carbocycles. The first-order valence-electron chi connectivity index (χ1n) is 7.53. The second-order valence-electron chi connectivity index (χ2n) is 5.84. The first-order chi connectivity index (χ1) is 9.72. The van der Waals surface area contributed by atoms with E-state index >= 15 is 0 Å². The molecule has 1 heterocycles. The summed E-state index contributed by atoms with van der Waals surface area (Å²) in [5.41, 5.74) is 8.60. The summed E-state index contributed by atoms with van der Waals surface area (Å²) in [6, 6.07) is 1.91. The van der Waals surface area contributed by atoms with E-state index in [1.54, 1.807) is 0 Å². The van der Waals surface area contributed by atoms with Crippen molar-refractivity contribution in [3.05, 3.63) is 22.2 Å². The number of halogens is 1. The first kappa shape index (κ1) is 14.0. The van der Waals surface area contributed by atoms with Gasteiger partial charge in [-0.15, -0.1) is 0 Å². The fourth-order valence-corrected chi connectivity index (χ4v) is 4.19. The van der Waals surface area contributed by atoms with Crippen LogP contribution >= 0.6 is 11.6 Å². The standard InChI is InChI=1S/C16H22ClNO2/c1-2-11-14(16(9-18)6-4-3-5-7-16)12(17)8-13-15(11)20-10-19-13/h8H,2-7,9-10,18H2,1H3. The molecular weight excluding hydrogens is 274 g/mol. The number of benzene rings is 1. The fourth-order valence-electron chi connectivity index (χ4n) is 3.77. The van der Waals surface area contributed by atoms with Crippen molar-refractivity contribution in [3.63, 3.8) is 0 Å². The van der Waals surface area contributed by atoms with E-state index in [4.69, 9.17) is 26.8 Å². The van der Waals surface area contributed by atoms with Crippen LogP contribution in [0.4, 0.5) is 0 Å². The van der Waals surface area contributed by atoms with Crippen LogP contribution in [0.1, 0.15) is 50.2 Å². The Hall–Kier alpha value is -0.930. The Morgan fingerprint density at radius 3 is 2.65 bits per heavy atom. The molecule has 0 radical (unpaired) electrons. The molecular formula is C16H22ClNO2. The van der Waals surface area contributed by atoms with Gasteiger partial charge in [-0.1, -0.05) is 37.8 Å². The molecule has 2 N–H and O–H groups in total. The topological polar surface area (TPSA) is 44.5 Å². The highest BCUT2D eigenvalue weighted by Crippen LogP contribution is 2.49. The maximum Gasteiger partial charge on any atom is 0.231 e. The molecule has 3 rings (SSSR count). The maximum absolute atomic E-state index is 6.60. The second kappa shape index (κ2) is 5.45. The van der Waals surface area contributed by atoms with Gasteiger partial charge in [0.2, 0.25) is 6.79 Å². The molecule has 20 heavy (non-hydrogen) atoms. The van der Waals surface area contributed by atoms with Gasteiger partial charge in [-0.25, -0.2) is 0 Å². The van der Waals surface area contributed by atoms with E-state index in [1.165, 1.54) is 30.4 Å². The Balaban J connectivity index is 2.16. The molecule has 1 fully saturated rings. The van der Waals surface area contributed by atoms with E-state index in [0.29, 0.717) is 6.54 Å². The highest BCUT2D eigenvalue weighted by atomic mass is 35.5. The number of rotatable bonds is 3. The quantitative estimate of drug-likeness (QED) is 0.922. The van der Waals surface area contributed by atoms with Crippen molar-refractivity contribution in [1.29, 1.82) is 0 Å². The van der Waals surface area contributed by atoms with Crippen LogP contribution in [0.3, 0.4) is 0 Å². The number of ether oxygens (including phenoxy) is 2. The lowest BCUT2D eigenvalue weighted by Gasteiger charge is -2.39. The van der Waals surface area contributed by atoms with Crippen molar-refractivity contribution in [2.24, 2.45) is 5.73 Å². The molecule has 1 aromatic rings. The zero-order valence-corrected chi connectivity index (χ0v) is 12.8. The molecule has 0 aromatic heterocycles. The van der Waals surface area contributed by atoms with Crippen LogP contribution < -0.4 is 15.2 Å². The lowest BCUT2D eigenvalue weighted by atomic mass is 9.67. The molecule has 1 aromatic carbocycles. The second-order valence-corrected chi connectivity index (χ2v) is 6.25. The van der Waals surface area contributed by atoms with Gasteiger partial charge >= 0.3 is 0 Å². The fraction of sp³-hybridized carbons (Fsp3) is 0.625. The van der Waals surface area contributed by atoms with Gasteiger partial charge in [0.25, 0.3) is 0 Å². The van der Waals surface area contributed by atoms with Gasteiger partial charge in [0.05, 0.1) is 0 Å². The Morgan fingerprint density at radius 2 is 2.00 bits per heavy atom. The molecule has 3 nitrogen and oxygen atoms in total. The average molecular weight is 296 g/mol. The number of hydrogen-bond acceptors (Lipinski definition) is 3. The van der Waals surface area contributed by atoms with Crippen molar-refractivity contribution in [1.82, 2.24) is 0 Å². The molecule has 4 heteroatoms. The summed E-state index contributed by atoms with van der Waals surface area (Å²) in [6.45, 7) is 3.08. The molecule has 0 atom stereocenters. The summed E-state index contributed by atoms with van der Waals surface area (Å²) in [5, 5.41) is 0.790. The monoisotopic (exact) mass is 295 g/mol. The summed E-state index contributed by atoms with van der Waals surface area (Å²) in [4.78, 5) is 0. The Labute approximate surface area is 125 Å². The Kier molecular flexibility index (Phi) is 3.83. The van der Waals surface area contributed by atoms with Crippen LogP contribution in [-0.2, 0) is 11.8 Å². The van der Waals surface area contributed by atoms with Crippen LogP contribution in [0.2, 0.25) is 5.02 Å². The molecule has 0 amide bonds. The van der Waals surface area contributed by atoms with Crippen LogP contribution in [0, 0.1) is 0 Å². The predicted molar refractivity (Wildman–Crippen MR) is 80.8 cm³/mol. The third-order valence-corrected chi connectivity index (χ3v) is 5.10. The van der Waals surface area contributed by atoms with Gasteiger partial charge in [0.1, 0.15) is 0 Å². The highest BCUT2D eigenvalue weighted by molar-refractivity contribution is 6.31. The normalized spacial score (nSPS) is 20.1. The van der Waals surface area contributed by atoms with Gasteiger partial charge in [-0.05, 0) is 24.8 Å². The average Bonchev–Trinajstić information content (AvgIpc) is 2.94. The molecule has 0 unspecified atom stereocenters. The van der Waals surface area contributed by atoms with Crippen LogP contribution in [0.15, 0.2) is 6.07 Å². The lowest BCUT2D eigenvalue weighted by Crippen LogP contribution is -2.38. The van der Waals surface area contributed by atoms with Crippen molar-refractivity contribution >= 4 is 11.6 Å². The summed E-state index contributed by atoms with van der Waals surface area (Å²) >= 11 is 6.60. The lowest BCUT2D eigenvalue weighted by molar-refractivity contribution is 0.173. The van der Waals surface area contributed by atoms with Gasteiger partial charge in [-0.3, -0.25) is 0 Å². The summed E-state index contributed by atoms with van der Waals surface area (Å²) < 4.78 is 11.2. The molecule has 1 aliphatic carbocycles. The Bertz CT molecular complexity index is 510. The SMILES string of the molecule is CCc1c2c(cc(Cl)c1C1(CN)CCCCC1)OCO2. The Morgan fingerprint density at radius 1 is 1.25 bits per heavy atom. The van der Waals surface area contributed by atoms with E-state index in [1.807, 2.05) is 6.07 Å². The van der Waals surface area contributed by atoms with Crippen molar-refractivity contribution in [2.45, 2.75) is 50.9 Å². The number of nitrogens with two attached hydrogens (primary N) is 1. The third-order valence-electron chi connectivity index (χ3n) is 4.80. The van der Waals surface area contributed by atoms with Gasteiger partial charge in [-0.2, -0.15) is 0 Å². The van der Waals surface area contributed by atoms with Crippen LogP contribution in [0.25, 0.3) is 0 Å². The summed E-state index contributed by atoms with van der Waals surface area (Å²) in [7, 11) is 0. The van der Waals surface area contributed by atoms with E-state index in [2.05, 4.69) is 6.92 Å². The minimum Gasteiger partial charge on any atom is -0.454 e. The number of hydrogen-bond donors (Lipinski definition) is 1. The molecule has 110 valence electrons. The van der Waals surface area contributed by atoms with E-state index in [9.17, 15) is 0 Å². The molecule has 2 aliphatic rings. The zero-order valence-electron chi connectivity index (χ0n) is 12.0. The molecule has 0 saturated heterocycles. The van der Waals surface area contributed by atoms with Crippen molar-refractivity contribution < 1.29 is 9.47 Å². The summed E-state index contributed by atoms with van der Waals surface area (Å²) in [6.07, 6.45) is 6.89. The predicted octanol–water partition coefficient (Wildman–Crippen LogP) is 3.79. The summed E-state index contributed by atoms with van der Waals surface area (Å²) in [5.74, 6) is 1.66. The number of fused-ring (bicyclic) bond motifs is 1. The van der Waals surface area contributed by atoms with Gasteiger partial charge < -0.3 is 15.2 Å². The van der Waals surface area contributed by atoms with E-state index < -0.39 is 0 Å². The minimum absolute atomic E-state index is 0.0155. The first-order valence-corrected chi connectivity index (χ1v) is 7.91. The third kappa shape index (κ3) is 2.08. The minimum atomic E-state index is 0.0155. The van der Waals surface area contributed by atoms with E-state index in [0.717, 1.165) is 35.8 Å². The highest BCUT2D eigenvalue weighted by Gasteiger charge is 2.38. The van der Waals surface area contributed by atoms with Gasteiger partial charge in [0, 0.05) is 28.6 Å². The van der Waals surface area contributed by atoms with Crippen LogP contribution in [-0.4, -0.2) is 13.3 Å². The van der Waals surface area contributed by atoms with Crippen molar-refractivity contribution in [2.75, 3.05) is 13.3 Å². The molecule has 0 spiro atoms. The van der Waals surface area contributed by atoms with Crippen LogP contribution in [0.5, 0.6) is 11.5 Å². The maximum atomic E-state index is 6.60. The molecule has 0 bridgehead atoms. The smallest absolute Gasteiger partial charge is 0.231 e. The van der Waals surface area contributed by atoms with Gasteiger partial charge in [0.15, 0.2) is 11.5 Å². The van der Waals surface area contributed by atoms with E-state index in [-0.39, 0.29) is 12.2 Å². The largest absolute Gasteiger partial charge is 0.454 e. The zero-order chi connectivity index (χ0) is 14.2. The molecule has 1 aliphatic heterocycles. The van der Waals surface area contributed by atoms with Crippen molar-refractivity contribution in [3.8, 4) is 11.5 Å².